The van der Waals surface area contributed by atoms with E-state index >= 15 is 0 Å². The highest BCUT2D eigenvalue weighted by atomic mass is 35.5. The van der Waals surface area contributed by atoms with Gasteiger partial charge < -0.3 is 9.72 Å². The van der Waals surface area contributed by atoms with Gasteiger partial charge >= 0.3 is 0 Å². The Kier molecular flexibility index (Phi) is 4.40. The van der Waals surface area contributed by atoms with Crippen LogP contribution < -0.4 is 4.74 Å². The second-order valence-electron chi connectivity index (χ2n) is 5.95. The molecular weight excluding hydrogens is 332 g/mol. The first kappa shape index (κ1) is 15.7. The summed E-state index contributed by atoms with van der Waals surface area (Å²) >= 11 is 5.89. The van der Waals surface area contributed by atoms with Crippen LogP contribution in [-0.2, 0) is 13.0 Å². The van der Waals surface area contributed by atoms with Gasteiger partial charge in [-0.3, -0.25) is 0 Å². The van der Waals surface area contributed by atoms with Crippen LogP contribution in [0.1, 0.15) is 16.7 Å². The van der Waals surface area contributed by atoms with Gasteiger partial charge in [0.2, 0.25) is 0 Å². The molecule has 4 heteroatoms. The van der Waals surface area contributed by atoms with Crippen LogP contribution in [0.4, 0.5) is 0 Å². The maximum Gasteiger partial charge on any atom is 0.137 e. The predicted octanol–water partition coefficient (Wildman–Crippen LogP) is 5.39. The number of fused-ring (bicyclic) bond motifs is 1. The van der Waals surface area contributed by atoms with Crippen molar-refractivity contribution >= 4 is 22.6 Å². The largest absolute Gasteiger partial charge is 0.489 e. The van der Waals surface area contributed by atoms with Crippen LogP contribution in [0, 0.1) is 0 Å². The van der Waals surface area contributed by atoms with Crippen molar-refractivity contribution in [2.75, 3.05) is 0 Å². The highest BCUT2D eigenvalue weighted by Gasteiger charge is 2.05. The SMILES string of the molecule is Clc1ccc(COc2ccc(Cc3c[nH]c4ncccc34)cc2)cc1. The fraction of sp³-hybridized carbons (Fsp3) is 0.0952. The Morgan fingerprint density at radius 1 is 0.920 bits per heavy atom. The lowest BCUT2D eigenvalue weighted by molar-refractivity contribution is 0.306. The van der Waals surface area contributed by atoms with Crippen molar-refractivity contribution in [1.82, 2.24) is 9.97 Å². The van der Waals surface area contributed by atoms with Gasteiger partial charge in [0.1, 0.15) is 18.0 Å². The average molecular weight is 349 g/mol. The van der Waals surface area contributed by atoms with Crippen molar-refractivity contribution in [1.29, 1.82) is 0 Å². The lowest BCUT2D eigenvalue weighted by Gasteiger charge is -2.07. The number of pyridine rings is 1. The Labute approximate surface area is 151 Å². The standard InChI is InChI=1S/C21H17ClN2O/c22-18-7-3-16(4-8-18)14-25-19-9-5-15(6-10-19)12-17-13-24-21-20(17)2-1-11-23-21/h1-11,13H,12,14H2,(H,23,24). The van der Waals surface area contributed by atoms with E-state index in [0.29, 0.717) is 6.61 Å². The van der Waals surface area contributed by atoms with Gasteiger partial charge in [-0.2, -0.15) is 0 Å². The lowest BCUT2D eigenvalue weighted by Crippen LogP contribution is -1.95. The Morgan fingerprint density at radius 2 is 1.68 bits per heavy atom. The smallest absolute Gasteiger partial charge is 0.137 e. The zero-order valence-electron chi connectivity index (χ0n) is 13.6. The molecule has 4 rings (SSSR count). The second kappa shape index (κ2) is 6.99. The van der Waals surface area contributed by atoms with E-state index in [1.807, 2.05) is 48.7 Å². The molecule has 25 heavy (non-hydrogen) atoms. The molecule has 2 aromatic heterocycles. The van der Waals surface area contributed by atoms with Crippen LogP contribution in [0.3, 0.4) is 0 Å². The van der Waals surface area contributed by atoms with Gasteiger partial charge in [0.05, 0.1) is 0 Å². The number of aromatic nitrogens is 2. The highest BCUT2D eigenvalue weighted by molar-refractivity contribution is 6.30. The summed E-state index contributed by atoms with van der Waals surface area (Å²) in [6, 6.07) is 20.0. The summed E-state index contributed by atoms with van der Waals surface area (Å²) in [5.41, 5.74) is 4.52. The van der Waals surface area contributed by atoms with E-state index in [4.69, 9.17) is 16.3 Å². The van der Waals surface area contributed by atoms with E-state index in [2.05, 4.69) is 28.2 Å². The van der Waals surface area contributed by atoms with E-state index in [1.165, 1.54) is 16.5 Å². The predicted molar refractivity (Wildman–Crippen MR) is 101 cm³/mol. The molecule has 2 aromatic carbocycles. The zero-order chi connectivity index (χ0) is 17.1. The van der Waals surface area contributed by atoms with Crippen LogP contribution >= 0.6 is 11.6 Å². The monoisotopic (exact) mass is 348 g/mol. The van der Waals surface area contributed by atoms with E-state index in [9.17, 15) is 0 Å². The molecule has 0 fully saturated rings. The third kappa shape index (κ3) is 3.67. The summed E-state index contributed by atoms with van der Waals surface area (Å²) in [6.07, 6.45) is 4.70. The molecule has 0 unspecified atom stereocenters. The second-order valence-corrected chi connectivity index (χ2v) is 6.39. The fourth-order valence-electron chi connectivity index (χ4n) is 2.83. The van der Waals surface area contributed by atoms with Gasteiger partial charge in [-0.15, -0.1) is 0 Å². The van der Waals surface area contributed by atoms with Crippen LogP contribution in [0.5, 0.6) is 5.75 Å². The van der Waals surface area contributed by atoms with E-state index in [1.54, 1.807) is 6.20 Å². The summed E-state index contributed by atoms with van der Waals surface area (Å²) in [4.78, 5) is 7.55. The molecule has 0 saturated carbocycles. The Balaban J connectivity index is 1.42. The van der Waals surface area contributed by atoms with Gasteiger partial charge in [0.25, 0.3) is 0 Å². The number of nitrogens with one attached hydrogen (secondary N) is 1. The lowest BCUT2D eigenvalue weighted by atomic mass is 10.1. The molecule has 0 aliphatic heterocycles. The molecule has 0 aliphatic carbocycles. The van der Waals surface area contributed by atoms with Gasteiger partial charge in [-0.25, -0.2) is 4.98 Å². The van der Waals surface area contributed by atoms with Crippen LogP contribution in [0.15, 0.2) is 73.1 Å². The molecule has 0 spiro atoms. The molecular formula is C21H17ClN2O. The van der Waals surface area contributed by atoms with Gasteiger partial charge in [-0.1, -0.05) is 35.9 Å². The molecule has 0 saturated heterocycles. The number of nitrogens with zero attached hydrogens (tertiary/aromatic N) is 1. The van der Waals surface area contributed by atoms with Crippen molar-refractivity contribution in [3.8, 4) is 5.75 Å². The molecule has 1 N–H and O–H groups in total. The summed E-state index contributed by atoms with van der Waals surface area (Å²) in [5.74, 6) is 0.860. The average Bonchev–Trinajstić information content (AvgIpc) is 3.06. The van der Waals surface area contributed by atoms with Crippen LogP contribution in [0.2, 0.25) is 5.02 Å². The quantitative estimate of drug-likeness (QED) is 0.525. The molecule has 4 aromatic rings. The third-order valence-electron chi connectivity index (χ3n) is 4.17. The topological polar surface area (TPSA) is 37.9 Å². The first-order chi connectivity index (χ1) is 12.3. The Hall–Kier alpha value is -2.78. The number of benzene rings is 2. The number of hydrogen-bond donors (Lipinski definition) is 1. The van der Waals surface area contributed by atoms with Crippen LogP contribution in [-0.4, -0.2) is 9.97 Å². The number of halogens is 1. The minimum atomic E-state index is 0.532. The third-order valence-corrected chi connectivity index (χ3v) is 4.43. The molecule has 3 nitrogen and oxygen atoms in total. The maximum absolute atomic E-state index is 5.89. The number of H-pyrrole nitrogens is 1. The summed E-state index contributed by atoms with van der Waals surface area (Å²) in [7, 11) is 0. The van der Waals surface area contributed by atoms with Crippen molar-refractivity contribution in [2.45, 2.75) is 13.0 Å². The number of hydrogen-bond acceptors (Lipinski definition) is 2. The normalized spacial score (nSPS) is 10.9. The van der Waals surface area contributed by atoms with E-state index < -0.39 is 0 Å². The molecule has 0 radical (unpaired) electrons. The molecule has 124 valence electrons. The first-order valence-electron chi connectivity index (χ1n) is 8.15. The van der Waals surface area contributed by atoms with Crippen molar-refractivity contribution < 1.29 is 4.74 Å². The molecule has 0 aliphatic rings. The molecule has 0 atom stereocenters. The summed E-state index contributed by atoms with van der Waals surface area (Å²) in [5, 5.41) is 1.91. The van der Waals surface area contributed by atoms with Crippen molar-refractivity contribution in [3.63, 3.8) is 0 Å². The molecule has 0 amide bonds. The van der Waals surface area contributed by atoms with E-state index in [-0.39, 0.29) is 0 Å². The minimum Gasteiger partial charge on any atom is -0.489 e. The molecule has 2 heterocycles. The van der Waals surface area contributed by atoms with Gasteiger partial charge in [0.15, 0.2) is 0 Å². The van der Waals surface area contributed by atoms with Gasteiger partial charge in [0, 0.05) is 22.8 Å². The molecule has 0 bridgehead atoms. The van der Waals surface area contributed by atoms with Crippen molar-refractivity contribution in [2.24, 2.45) is 0 Å². The number of ether oxygens (including phenoxy) is 1. The minimum absolute atomic E-state index is 0.532. The summed E-state index contributed by atoms with van der Waals surface area (Å²) < 4.78 is 5.83. The Morgan fingerprint density at radius 3 is 2.48 bits per heavy atom. The van der Waals surface area contributed by atoms with Crippen molar-refractivity contribution in [3.05, 3.63) is 94.8 Å². The number of rotatable bonds is 5. The summed E-state index contributed by atoms with van der Waals surface area (Å²) in [6.45, 7) is 0.532. The Bertz CT molecular complexity index is 975. The first-order valence-corrected chi connectivity index (χ1v) is 8.53. The maximum atomic E-state index is 5.89. The zero-order valence-corrected chi connectivity index (χ0v) is 14.3. The fourth-order valence-corrected chi connectivity index (χ4v) is 2.96. The highest BCUT2D eigenvalue weighted by Crippen LogP contribution is 2.21. The van der Waals surface area contributed by atoms with E-state index in [0.717, 1.165) is 28.4 Å². The van der Waals surface area contributed by atoms with Crippen LogP contribution in [0.25, 0.3) is 11.0 Å². The van der Waals surface area contributed by atoms with Gasteiger partial charge in [-0.05, 0) is 59.5 Å². The number of aromatic amines is 1.